The SMILES string of the molecule is Cc1ccc(NC(=O)N2CC(n3nccn3)C2)cc1C. The van der Waals surface area contributed by atoms with E-state index in [0.29, 0.717) is 13.1 Å². The molecule has 1 saturated heterocycles. The molecule has 2 amide bonds. The maximum Gasteiger partial charge on any atom is 0.321 e. The van der Waals surface area contributed by atoms with Crippen molar-refractivity contribution in [2.24, 2.45) is 0 Å². The Bertz CT molecular complexity index is 616. The number of hydrogen-bond donors (Lipinski definition) is 1. The molecule has 6 nitrogen and oxygen atoms in total. The standard InChI is InChI=1S/C14H17N5O/c1-10-3-4-12(7-11(10)2)17-14(20)18-8-13(9-18)19-15-5-6-16-19/h3-7,13H,8-9H2,1-2H3,(H,17,20). The first kappa shape index (κ1) is 12.7. The summed E-state index contributed by atoms with van der Waals surface area (Å²) in [7, 11) is 0. The molecular formula is C14H17N5O. The third-order valence-electron chi connectivity index (χ3n) is 3.67. The van der Waals surface area contributed by atoms with E-state index in [9.17, 15) is 4.79 Å². The second kappa shape index (κ2) is 4.96. The normalized spacial score (nSPS) is 15.0. The zero-order valence-electron chi connectivity index (χ0n) is 11.6. The third kappa shape index (κ3) is 2.36. The Kier molecular flexibility index (Phi) is 3.14. The lowest BCUT2D eigenvalue weighted by Crippen LogP contribution is -2.52. The van der Waals surface area contributed by atoms with Gasteiger partial charge in [-0.3, -0.25) is 0 Å². The van der Waals surface area contributed by atoms with Crippen molar-refractivity contribution in [3.63, 3.8) is 0 Å². The van der Waals surface area contributed by atoms with Crippen molar-refractivity contribution in [3.8, 4) is 0 Å². The monoisotopic (exact) mass is 271 g/mol. The maximum atomic E-state index is 12.1. The lowest BCUT2D eigenvalue weighted by molar-refractivity contribution is 0.119. The van der Waals surface area contributed by atoms with Crippen LogP contribution in [0.4, 0.5) is 10.5 Å². The highest BCUT2D eigenvalue weighted by atomic mass is 16.2. The number of rotatable bonds is 2. The van der Waals surface area contributed by atoms with Gasteiger partial charge in [0.25, 0.3) is 0 Å². The molecule has 1 aliphatic heterocycles. The molecular weight excluding hydrogens is 254 g/mol. The Balaban J connectivity index is 1.57. The zero-order chi connectivity index (χ0) is 14.1. The van der Waals surface area contributed by atoms with Crippen molar-refractivity contribution >= 4 is 11.7 Å². The largest absolute Gasteiger partial charge is 0.321 e. The highest BCUT2D eigenvalue weighted by Gasteiger charge is 2.33. The maximum absolute atomic E-state index is 12.1. The van der Waals surface area contributed by atoms with E-state index < -0.39 is 0 Å². The number of carbonyl (C=O) groups excluding carboxylic acids is 1. The van der Waals surface area contributed by atoms with E-state index in [4.69, 9.17) is 0 Å². The van der Waals surface area contributed by atoms with E-state index >= 15 is 0 Å². The summed E-state index contributed by atoms with van der Waals surface area (Å²) in [6, 6.07) is 6.04. The predicted octanol–water partition coefficient (Wildman–Crippen LogP) is 1.98. The van der Waals surface area contributed by atoms with Crippen LogP contribution < -0.4 is 5.32 Å². The van der Waals surface area contributed by atoms with Crippen LogP contribution in [0.1, 0.15) is 17.2 Å². The molecule has 1 aliphatic rings. The van der Waals surface area contributed by atoms with Crippen molar-refractivity contribution in [2.45, 2.75) is 19.9 Å². The minimum atomic E-state index is -0.0725. The van der Waals surface area contributed by atoms with Crippen LogP contribution in [0, 0.1) is 13.8 Å². The summed E-state index contributed by atoms with van der Waals surface area (Å²) in [6.07, 6.45) is 3.30. The van der Waals surface area contributed by atoms with Gasteiger partial charge in [-0.2, -0.15) is 15.0 Å². The lowest BCUT2D eigenvalue weighted by Gasteiger charge is -2.38. The Hall–Kier alpha value is -2.37. The van der Waals surface area contributed by atoms with Gasteiger partial charge < -0.3 is 10.2 Å². The summed E-state index contributed by atoms with van der Waals surface area (Å²) < 4.78 is 0. The van der Waals surface area contributed by atoms with E-state index in [0.717, 1.165) is 5.69 Å². The van der Waals surface area contributed by atoms with Gasteiger partial charge >= 0.3 is 6.03 Å². The highest BCUT2D eigenvalue weighted by molar-refractivity contribution is 5.90. The quantitative estimate of drug-likeness (QED) is 0.908. The summed E-state index contributed by atoms with van der Waals surface area (Å²) in [6.45, 7) is 5.38. The Morgan fingerprint density at radius 3 is 2.55 bits per heavy atom. The number of urea groups is 1. The molecule has 3 rings (SSSR count). The molecule has 6 heteroatoms. The van der Waals surface area contributed by atoms with Gasteiger partial charge in [0.15, 0.2) is 0 Å². The third-order valence-corrected chi connectivity index (χ3v) is 3.67. The number of benzene rings is 1. The summed E-state index contributed by atoms with van der Waals surface area (Å²) >= 11 is 0. The first-order valence-electron chi connectivity index (χ1n) is 6.62. The molecule has 2 heterocycles. The van der Waals surface area contributed by atoms with Crippen molar-refractivity contribution in [1.82, 2.24) is 19.9 Å². The topological polar surface area (TPSA) is 63.1 Å². The lowest BCUT2D eigenvalue weighted by atomic mass is 10.1. The molecule has 0 bridgehead atoms. The van der Waals surface area contributed by atoms with Crippen LogP contribution in [0.3, 0.4) is 0 Å². The van der Waals surface area contributed by atoms with E-state index in [1.54, 1.807) is 22.1 Å². The number of nitrogens with zero attached hydrogens (tertiary/aromatic N) is 4. The van der Waals surface area contributed by atoms with Crippen molar-refractivity contribution in [1.29, 1.82) is 0 Å². The van der Waals surface area contributed by atoms with Crippen LogP contribution >= 0.6 is 0 Å². The Morgan fingerprint density at radius 1 is 1.20 bits per heavy atom. The van der Waals surface area contributed by atoms with Gasteiger partial charge in [0.1, 0.15) is 6.04 Å². The Morgan fingerprint density at radius 2 is 1.90 bits per heavy atom. The van der Waals surface area contributed by atoms with Crippen molar-refractivity contribution in [2.75, 3.05) is 18.4 Å². The van der Waals surface area contributed by atoms with Gasteiger partial charge in [-0.1, -0.05) is 6.07 Å². The Labute approximate surface area is 117 Å². The second-order valence-corrected chi connectivity index (χ2v) is 5.14. The number of carbonyl (C=O) groups is 1. The minimum absolute atomic E-state index is 0.0725. The molecule has 0 atom stereocenters. The van der Waals surface area contributed by atoms with Crippen molar-refractivity contribution in [3.05, 3.63) is 41.7 Å². The zero-order valence-corrected chi connectivity index (χ0v) is 11.6. The summed E-state index contributed by atoms with van der Waals surface area (Å²) in [5, 5.41) is 11.1. The number of aryl methyl sites for hydroxylation is 2. The van der Waals surface area contributed by atoms with Crippen LogP contribution in [-0.2, 0) is 0 Å². The number of aromatic nitrogens is 3. The van der Waals surface area contributed by atoms with E-state index in [1.807, 2.05) is 25.1 Å². The average Bonchev–Trinajstić information content (AvgIpc) is 2.86. The first-order chi connectivity index (χ1) is 9.63. The van der Waals surface area contributed by atoms with Gasteiger partial charge in [0, 0.05) is 18.8 Å². The van der Waals surface area contributed by atoms with E-state index in [2.05, 4.69) is 22.4 Å². The summed E-state index contributed by atoms with van der Waals surface area (Å²) in [4.78, 5) is 15.5. The van der Waals surface area contributed by atoms with Gasteiger partial charge in [-0.25, -0.2) is 4.79 Å². The minimum Gasteiger partial charge on any atom is -0.320 e. The van der Waals surface area contributed by atoms with Crippen LogP contribution in [0.2, 0.25) is 0 Å². The first-order valence-corrected chi connectivity index (χ1v) is 6.62. The summed E-state index contributed by atoms with van der Waals surface area (Å²) in [5.41, 5.74) is 3.22. The number of likely N-dealkylation sites (tertiary alicyclic amines) is 1. The van der Waals surface area contributed by atoms with Crippen LogP contribution in [0.15, 0.2) is 30.6 Å². The molecule has 1 N–H and O–H groups in total. The fraction of sp³-hybridized carbons (Fsp3) is 0.357. The molecule has 0 radical (unpaired) electrons. The van der Waals surface area contributed by atoms with Gasteiger partial charge in [0.05, 0.1) is 12.4 Å². The molecule has 1 aromatic heterocycles. The number of nitrogens with one attached hydrogen (secondary N) is 1. The fourth-order valence-electron chi connectivity index (χ4n) is 2.20. The van der Waals surface area contributed by atoms with Gasteiger partial charge in [-0.05, 0) is 37.1 Å². The number of amides is 2. The molecule has 104 valence electrons. The van der Waals surface area contributed by atoms with E-state index in [1.165, 1.54) is 11.1 Å². The van der Waals surface area contributed by atoms with E-state index in [-0.39, 0.29) is 12.1 Å². The smallest absolute Gasteiger partial charge is 0.320 e. The number of anilines is 1. The molecule has 0 saturated carbocycles. The number of hydrogen-bond acceptors (Lipinski definition) is 3. The van der Waals surface area contributed by atoms with Crippen molar-refractivity contribution < 1.29 is 4.79 Å². The molecule has 0 unspecified atom stereocenters. The van der Waals surface area contributed by atoms with Gasteiger partial charge in [-0.15, -0.1) is 0 Å². The molecule has 0 aliphatic carbocycles. The molecule has 2 aromatic rings. The molecule has 1 fully saturated rings. The van der Waals surface area contributed by atoms with Gasteiger partial charge in [0.2, 0.25) is 0 Å². The average molecular weight is 271 g/mol. The van der Waals surface area contributed by atoms with Crippen LogP contribution in [0.25, 0.3) is 0 Å². The van der Waals surface area contributed by atoms with Crippen LogP contribution in [0.5, 0.6) is 0 Å². The van der Waals surface area contributed by atoms with Crippen LogP contribution in [-0.4, -0.2) is 39.0 Å². The summed E-state index contributed by atoms with van der Waals surface area (Å²) in [5.74, 6) is 0. The second-order valence-electron chi connectivity index (χ2n) is 5.14. The highest BCUT2D eigenvalue weighted by Crippen LogP contribution is 2.21. The predicted molar refractivity (Wildman–Crippen MR) is 75.6 cm³/mol. The molecule has 0 spiro atoms. The molecule has 1 aromatic carbocycles. The molecule has 20 heavy (non-hydrogen) atoms. The fourth-order valence-corrected chi connectivity index (χ4v) is 2.20.